The van der Waals surface area contributed by atoms with Crippen molar-refractivity contribution in [1.82, 2.24) is 0 Å². The Labute approximate surface area is 228 Å². The molecular weight excluding hydrogens is 505 g/mol. The number of ether oxygens (including phenoxy) is 3. The highest BCUT2D eigenvalue weighted by Gasteiger charge is 2.19. The molecule has 0 saturated carbocycles. The molecule has 3 aromatic carbocycles. The monoisotopic (exact) mass is 539 g/mol. The molecule has 38 heavy (non-hydrogen) atoms. The Morgan fingerprint density at radius 1 is 0.947 bits per heavy atom. The van der Waals surface area contributed by atoms with E-state index >= 15 is 0 Å². The van der Waals surface area contributed by atoms with Gasteiger partial charge in [-0.3, -0.25) is 9.59 Å². The fraction of sp³-hybridized carbons (Fsp3) is 0.333. The van der Waals surface area contributed by atoms with Crippen LogP contribution in [0.25, 0.3) is 0 Å². The number of carbonyl (C=O) groups excluding carboxylic acids is 2. The maximum atomic E-state index is 13.4. The van der Waals surface area contributed by atoms with Gasteiger partial charge in [0.05, 0.1) is 20.1 Å². The van der Waals surface area contributed by atoms with Crippen LogP contribution in [0.15, 0.2) is 60.7 Å². The number of thioether (sulfide) groups is 1. The van der Waals surface area contributed by atoms with E-state index in [1.165, 1.54) is 12.1 Å². The third kappa shape index (κ3) is 7.74. The number of amides is 1. The van der Waals surface area contributed by atoms with Crippen LogP contribution in [-0.4, -0.2) is 37.4 Å². The molecule has 1 amide bonds. The number of benzene rings is 3. The largest absolute Gasteiger partial charge is 0.493 e. The first-order valence-electron chi connectivity index (χ1n) is 12.6. The molecule has 0 aliphatic carbocycles. The maximum Gasteiger partial charge on any atom is 0.310 e. The third-order valence-electron chi connectivity index (χ3n) is 5.68. The van der Waals surface area contributed by atoms with Crippen LogP contribution < -0.4 is 14.4 Å². The molecule has 202 valence electrons. The highest BCUT2D eigenvalue weighted by molar-refractivity contribution is 7.99. The van der Waals surface area contributed by atoms with Crippen LogP contribution in [-0.2, 0) is 21.7 Å². The van der Waals surface area contributed by atoms with Gasteiger partial charge < -0.3 is 19.1 Å². The van der Waals surface area contributed by atoms with Gasteiger partial charge >= 0.3 is 5.97 Å². The summed E-state index contributed by atoms with van der Waals surface area (Å²) < 4.78 is 30.3. The average molecular weight is 540 g/mol. The van der Waals surface area contributed by atoms with Gasteiger partial charge in [-0.25, -0.2) is 4.39 Å². The summed E-state index contributed by atoms with van der Waals surface area (Å²) in [7, 11) is 1.55. The summed E-state index contributed by atoms with van der Waals surface area (Å²) in [6, 6.07) is 16.5. The topological polar surface area (TPSA) is 65.1 Å². The number of carbonyl (C=O) groups is 2. The van der Waals surface area contributed by atoms with Crippen LogP contribution in [0.4, 0.5) is 10.1 Å². The van der Waals surface area contributed by atoms with Crippen molar-refractivity contribution in [2.75, 3.05) is 25.2 Å². The lowest BCUT2D eigenvalue weighted by Crippen LogP contribution is -2.30. The first kappa shape index (κ1) is 29.0. The van der Waals surface area contributed by atoms with Crippen molar-refractivity contribution < 1.29 is 28.2 Å². The van der Waals surface area contributed by atoms with Crippen LogP contribution >= 0.6 is 11.8 Å². The van der Waals surface area contributed by atoms with Crippen LogP contribution in [0.3, 0.4) is 0 Å². The molecule has 0 spiro atoms. The second-order valence-electron chi connectivity index (χ2n) is 8.78. The highest BCUT2D eigenvalue weighted by atomic mass is 32.2. The SMILES string of the molecule is CCOC(=O)Cc1ccc(OC)c(Oc2ccc(C(=O)N(CC)c3ccc(F)cc3)cc2CSC(C)C)c1. The van der Waals surface area contributed by atoms with Crippen molar-refractivity contribution in [3.8, 4) is 17.2 Å². The van der Waals surface area contributed by atoms with E-state index in [9.17, 15) is 14.0 Å². The van der Waals surface area contributed by atoms with Gasteiger partial charge in [-0.2, -0.15) is 11.8 Å². The van der Waals surface area contributed by atoms with Gasteiger partial charge in [0, 0.05) is 29.1 Å². The third-order valence-corrected chi connectivity index (χ3v) is 6.83. The van der Waals surface area contributed by atoms with Crippen LogP contribution in [0.1, 0.15) is 49.2 Å². The molecule has 3 rings (SSSR count). The molecule has 0 heterocycles. The second-order valence-corrected chi connectivity index (χ2v) is 10.3. The Bertz CT molecular complexity index is 1250. The number of rotatable bonds is 12. The Morgan fingerprint density at radius 3 is 2.29 bits per heavy atom. The minimum Gasteiger partial charge on any atom is -0.493 e. The molecule has 0 unspecified atom stereocenters. The molecule has 0 saturated heterocycles. The number of esters is 1. The lowest BCUT2D eigenvalue weighted by Gasteiger charge is -2.22. The van der Waals surface area contributed by atoms with Crippen molar-refractivity contribution in [2.24, 2.45) is 0 Å². The normalized spacial score (nSPS) is 10.8. The number of methoxy groups -OCH3 is 1. The Kier molecular flexibility index (Phi) is 10.6. The van der Waals surface area contributed by atoms with E-state index in [0.29, 0.717) is 52.7 Å². The van der Waals surface area contributed by atoms with E-state index in [2.05, 4.69) is 13.8 Å². The minimum atomic E-state index is -0.353. The molecule has 0 atom stereocenters. The Morgan fingerprint density at radius 2 is 1.66 bits per heavy atom. The summed E-state index contributed by atoms with van der Waals surface area (Å²) in [5, 5.41) is 0.371. The number of halogens is 1. The lowest BCUT2D eigenvalue weighted by molar-refractivity contribution is -0.142. The summed E-state index contributed by atoms with van der Waals surface area (Å²) in [6.45, 7) is 8.61. The van der Waals surface area contributed by atoms with Crippen molar-refractivity contribution in [2.45, 2.75) is 45.1 Å². The summed E-state index contributed by atoms with van der Waals surface area (Å²) in [4.78, 5) is 27.0. The van der Waals surface area contributed by atoms with E-state index in [0.717, 1.165) is 11.1 Å². The maximum absolute atomic E-state index is 13.4. The first-order valence-corrected chi connectivity index (χ1v) is 13.6. The van der Waals surface area contributed by atoms with Crippen molar-refractivity contribution in [1.29, 1.82) is 0 Å². The summed E-state index contributed by atoms with van der Waals surface area (Å²) in [5.74, 6) is 1.35. The molecule has 0 aliphatic heterocycles. The van der Waals surface area contributed by atoms with Gasteiger partial charge in [0.2, 0.25) is 0 Å². The molecular formula is C30H34FNO5S. The Hall–Kier alpha value is -3.52. The van der Waals surface area contributed by atoms with Crippen LogP contribution in [0.2, 0.25) is 0 Å². The van der Waals surface area contributed by atoms with Crippen molar-refractivity contribution in [3.63, 3.8) is 0 Å². The fourth-order valence-electron chi connectivity index (χ4n) is 3.81. The predicted octanol–water partition coefficient (Wildman–Crippen LogP) is 7.04. The molecule has 3 aromatic rings. The number of hydrogen-bond donors (Lipinski definition) is 0. The zero-order valence-corrected chi connectivity index (χ0v) is 23.3. The summed E-state index contributed by atoms with van der Waals surface area (Å²) in [5.41, 5.74) is 2.72. The molecule has 8 heteroatoms. The standard InChI is InChI=1S/C30H34FNO5S/c1-6-32(25-12-10-24(31)11-13-25)30(34)22-9-15-26(23(18-22)19-38-20(3)4)37-28-16-21(8-14-27(28)35-5)17-29(33)36-7-2/h8-16,18,20H,6-7,17,19H2,1-5H3. The zero-order chi connectivity index (χ0) is 27.7. The number of nitrogens with zero attached hydrogens (tertiary/aromatic N) is 1. The highest BCUT2D eigenvalue weighted by Crippen LogP contribution is 2.36. The molecule has 6 nitrogen and oxygen atoms in total. The second kappa shape index (κ2) is 13.9. The zero-order valence-electron chi connectivity index (χ0n) is 22.5. The van der Waals surface area contributed by atoms with E-state index in [-0.39, 0.29) is 24.1 Å². The summed E-state index contributed by atoms with van der Waals surface area (Å²) in [6.07, 6.45) is 0.119. The molecule has 0 aliphatic rings. The molecule has 0 bridgehead atoms. The minimum absolute atomic E-state index is 0.119. The quantitative estimate of drug-likeness (QED) is 0.230. The van der Waals surface area contributed by atoms with Gasteiger partial charge in [0.25, 0.3) is 5.91 Å². The molecule has 0 radical (unpaired) electrons. The lowest BCUT2D eigenvalue weighted by atomic mass is 10.1. The van der Waals surface area contributed by atoms with Crippen molar-refractivity contribution in [3.05, 3.63) is 83.2 Å². The average Bonchev–Trinajstić information content (AvgIpc) is 2.89. The van der Waals surface area contributed by atoms with Crippen molar-refractivity contribution >= 4 is 29.3 Å². The Balaban J connectivity index is 1.94. The molecule has 0 aromatic heterocycles. The van der Waals surface area contributed by atoms with Gasteiger partial charge in [0.15, 0.2) is 11.5 Å². The molecule has 0 N–H and O–H groups in total. The van der Waals surface area contributed by atoms with Gasteiger partial charge in [-0.05, 0) is 79.3 Å². The van der Waals surface area contributed by atoms with E-state index in [4.69, 9.17) is 14.2 Å². The first-order chi connectivity index (χ1) is 18.2. The van der Waals surface area contributed by atoms with E-state index < -0.39 is 0 Å². The van der Waals surface area contributed by atoms with E-state index in [1.807, 2.05) is 13.0 Å². The van der Waals surface area contributed by atoms with Gasteiger partial charge in [0.1, 0.15) is 11.6 Å². The predicted molar refractivity (Wildman–Crippen MR) is 150 cm³/mol. The van der Waals surface area contributed by atoms with Gasteiger partial charge in [-0.15, -0.1) is 0 Å². The molecule has 0 fully saturated rings. The van der Waals surface area contributed by atoms with Gasteiger partial charge in [-0.1, -0.05) is 19.9 Å². The summed E-state index contributed by atoms with van der Waals surface area (Å²) >= 11 is 1.73. The number of anilines is 1. The number of hydrogen-bond acceptors (Lipinski definition) is 6. The van der Waals surface area contributed by atoms with Crippen LogP contribution in [0, 0.1) is 5.82 Å². The van der Waals surface area contributed by atoms with Crippen LogP contribution in [0.5, 0.6) is 17.2 Å². The smallest absolute Gasteiger partial charge is 0.310 e. The fourth-order valence-corrected chi connectivity index (χ4v) is 4.55. The van der Waals surface area contributed by atoms with E-state index in [1.54, 1.807) is 73.2 Å².